The molecule has 0 spiro atoms. The van der Waals surface area contributed by atoms with Gasteiger partial charge in [-0.05, 0) is 42.0 Å². The van der Waals surface area contributed by atoms with Gasteiger partial charge < -0.3 is 4.90 Å². The van der Waals surface area contributed by atoms with E-state index in [9.17, 15) is 0 Å². The molecule has 7 aromatic rings. The summed E-state index contributed by atoms with van der Waals surface area (Å²) in [7, 11) is 0. The fourth-order valence-corrected chi connectivity index (χ4v) is 6.16. The predicted octanol–water partition coefficient (Wildman–Crippen LogP) is 10.7. The van der Waals surface area contributed by atoms with Gasteiger partial charge in [-0.25, -0.2) is 9.97 Å². The number of halogens is 1. The van der Waals surface area contributed by atoms with E-state index >= 15 is 0 Å². The van der Waals surface area contributed by atoms with Crippen molar-refractivity contribution in [2.75, 3.05) is 4.90 Å². The highest BCUT2D eigenvalue weighted by atomic mass is 35.5. The lowest BCUT2D eigenvalue weighted by Gasteiger charge is -2.33. The molecule has 2 heterocycles. The van der Waals surface area contributed by atoms with E-state index in [0.717, 1.165) is 60.9 Å². The first kappa shape index (κ1) is 24.5. The minimum Gasteiger partial charge on any atom is -0.309 e. The van der Waals surface area contributed by atoms with Crippen LogP contribution in [0.15, 0.2) is 146 Å². The molecule has 6 aromatic carbocycles. The summed E-state index contributed by atoms with van der Waals surface area (Å²) in [4.78, 5) is 12.5. The average Bonchev–Trinajstić information content (AvgIpc) is 3.07. The number of para-hydroxylation sites is 1. The van der Waals surface area contributed by atoms with E-state index < -0.39 is 0 Å². The number of anilines is 3. The van der Waals surface area contributed by atoms with Crippen LogP contribution in [0.2, 0.25) is 5.02 Å². The van der Waals surface area contributed by atoms with Crippen LogP contribution in [0.25, 0.3) is 55.8 Å². The molecule has 198 valence electrons. The van der Waals surface area contributed by atoms with E-state index in [1.165, 1.54) is 11.1 Å². The molecule has 0 unspecified atom stereocenters. The van der Waals surface area contributed by atoms with Crippen LogP contribution in [0, 0.1) is 0 Å². The number of aromatic nitrogens is 2. The third-order valence-electron chi connectivity index (χ3n) is 7.87. The van der Waals surface area contributed by atoms with E-state index in [4.69, 9.17) is 21.6 Å². The molecular formula is C38H24ClN3. The zero-order valence-electron chi connectivity index (χ0n) is 22.6. The van der Waals surface area contributed by atoms with Crippen LogP contribution in [0.4, 0.5) is 17.1 Å². The predicted molar refractivity (Wildman–Crippen MR) is 175 cm³/mol. The second-order valence-electron chi connectivity index (χ2n) is 10.4. The van der Waals surface area contributed by atoms with Gasteiger partial charge in [-0.1, -0.05) is 121 Å². The van der Waals surface area contributed by atoms with Gasteiger partial charge in [0.05, 0.1) is 22.8 Å². The second-order valence-corrected chi connectivity index (χ2v) is 10.8. The van der Waals surface area contributed by atoms with Crippen LogP contribution < -0.4 is 4.90 Å². The lowest BCUT2D eigenvalue weighted by atomic mass is 9.91. The van der Waals surface area contributed by atoms with E-state index in [0.29, 0.717) is 5.82 Å². The van der Waals surface area contributed by atoms with Crippen molar-refractivity contribution in [2.45, 2.75) is 0 Å². The Morgan fingerprint density at radius 2 is 1.10 bits per heavy atom. The fraction of sp³-hybridized carbons (Fsp3) is 0. The van der Waals surface area contributed by atoms with Crippen LogP contribution in [-0.4, -0.2) is 9.97 Å². The first-order chi connectivity index (χ1) is 20.7. The van der Waals surface area contributed by atoms with Gasteiger partial charge in [-0.15, -0.1) is 0 Å². The summed E-state index contributed by atoms with van der Waals surface area (Å²) in [6.45, 7) is 0. The van der Waals surface area contributed by atoms with E-state index in [1.54, 1.807) is 0 Å². The summed E-state index contributed by atoms with van der Waals surface area (Å²) in [6.07, 6.45) is 0. The number of nitrogens with zero attached hydrogens (tertiary/aromatic N) is 3. The molecule has 0 aliphatic carbocycles. The summed E-state index contributed by atoms with van der Waals surface area (Å²) in [5, 5.41) is 2.96. The molecule has 1 aromatic heterocycles. The average molecular weight is 558 g/mol. The highest BCUT2D eigenvalue weighted by molar-refractivity contribution is 6.37. The van der Waals surface area contributed by atoms with Crippen molar-refractivity contribution < 1.29 is 0 Å². The van der Waals surface area contributed by atoms with Crippen LogP contribution in [0.5, 0.6) is 0 Å². The Kier molecular flexibility index (Phi) is 5.83. The molecule has 8 rings (SSSR count). The van der Waals surface area contributed by atoms with E-state index in [2.05, 4.69) is 108 Å². The van der Waals surface area contributed by atoms with Crippen LogP contribution in [-0.2, 0) is 0 Å². The molecule has 1 aliphatic heterocycles. The van der Waals surface area contributed by atoms with E-state index in [-0.39, 0.29) is 0 Å². The topological polar surface area (TPSA) is 29.0 Å². The largest absolute Gasteiger partial charge is 0.309 e. The Morgan fingerprint density at radius 3 is 1.83 bits per heavy atom. The van der Waals surface area contributed by atoms with Crippen molar-refractivity contribution in [3.8, 4) is 45.0 Å². The molecule has 1 aliphatic rings. The normalized spacial score (nSPS) is 11.9. The van der Waals surface area contributed by atoms with Gasteiger partial charge >= 0.3 is 0 Å². The molecule has 0 saturated carbocycles. The summed E-state index contributed by atoms with van der Waals surface area (Å²) < 4.78 is 0. The van der Waals surface area contributed by atoms with Crippen molar-refractivity contribution in [3.05, 3.63) is 151 Å². The maximum atomic E-state index is 6.70. The molecule has 0 N–H and O–H groups in total. The molecule has 4 heteroatoms. The van der Waals surface area contributed by atoms with Gasteiger partial charge in [0.1, 0.15) is 0 Å². The van der Waals surface area contributed by atoms with Gasteiger partial charge in [-0.3, -0.25) is 0 Å². The highest BCUT2D eigenvalue weighted by Gasteiger charge is 2.26. The van der Waals surface area contributed by atoms with Crippen LogP contribution >= 0.6 is 11.6 Å². The quantitative estimate of drug-likeness (QED) is 0.215. The van der Waals surface area contributed by atoms with Gasteiger partial charge in [-0.2, -0.15) is 0 Å². The summed E-state index contributed by atoms with van der Waals surface area (Å²) in [6, 6.07) is 50.2. The molecule has 0 atom stereocenters. The van der Waals surface area contributed by atoms with E-state index in [1.807, 2.05) is 42.5 Å². The molecule has 0 radical (unpaired) electrons. The van der Waals surface area contributed by atoms with Crippen molar-refractivity contribution >= 4 is 39.4 Å². The standard InChI is InChI=1S/C38H24ClN3/c39-32-22-21-30-29-17-7-8-19-35(29)42(36-20-10-18-31(32)37(30)36)28-16-9-15-27(23-28)38-40-33(25-11-3-1-4-12-25)24-34(41-38)26-13-5-2-6-14-26/h1-24H. The Bertz CT molecular complexity index is 2050. The number of fused-ring (bicyclic) bond motifs is 2. The summed E-state index contributed by atoms with van der Waals surface area (Å²) in [5.41, 5.74) is 10.5. The molecule has 3 nitrogen and oxygen atoms in total. The van der Waals surface area contributed by atoms with Crippen molar-refractivity contribution in [3.63, 3.8) is 0 Å². The number of hydrogen-bond acceptors (Lipinski definition) is 3. The Labute approximate surface area is 249 Å². The van der Waals surface area contributed by atoms with Gasteiger partial charge in [0.2, 0.25) is 0 Å². The maximum absolute atomic E-state index is 6.70. The molecule has 0 amide bonds. The Hall–Kier alpha value is -5.25. The molecule has 0 bridgehead atoms. The molecule has 0 fully saturated rings. The Morgan fingerprint density at radius 1 is 0.476 bits per heavy atom. The third-order valence-corrected chi connectivity index (χ3v) is 8.20. The minimum atomic E-state index is 0.684. The maximum Gasteiger partial charge on any atom is 0.160 e. The highest BCUT2D eigenvalue weighted by Crippen LogP contribution is 2.52. The lowest BCUT2D eigenvalue weighted by molar-refractivity contribution is 1.18. The number of benzene rings is 6. The molecule has 0 saturated heterocycles. The first-order valence-corrected chi connectivity index (χ1v) is 14.3. The lowest BCUT2D eigenvalue weighted by Crippen LogP contribution is -2.15. The van der Waals surface area contributed by atoms with Crippen molar-refractivity contribution in [2.24, 2.45) is 0 Å². The second kappa shape index (κ2) is 9.99. The number of rotatable bonds is 4. The summed E-state index contributed by atoms with van der Waals surface area (Å²) >= 11 is 6.70. The fourth-order valence-electron chi connectivity index (χ4n) is 5.94. The third kappa shape index (κ3) is 4.06. The summed E-state index contributed by atoms with van der Waals surface area (Å²) in [5.74, 6) is 0.684. The zero-order chi connectivity index (χ0) is 28.0. The SMILES string of the molecule is Clc1ccc2c3c(cccc13)N(c1cccc(-c3nc(-c4ccccc4)cc(-c4ccccc4)n3)c1)c1ccccc1-2. The minimum absolute atomic E-state index is 0.684. The smallest absolute Gasteiger partial charge is 0.160 e. The van der Waals surface area contributed by atoms with Crippen molar-refractivity contribution in [1.29, 1.82) is 0 Å². The van der Waals surface area contributed by atoms with Gasteiger partial charge in [0.15, 0.2) is 5.82 Å². The van der Waals surface area contributed by atoms with Crippen LogP contribution in [0.1, 0.15) is 0 Å². The first-order valence-electron chi connectivity index (χ1n) is 14.0. The zero-order valence-corrected chi connectivity index (χ0v) is 23.3. The Balaban J connectivity index is 1.33. The molecular weight excluding hydrogens is 534 g/mol. The van der Waals surface area contributed by atoms with Crippen LogP contribution in [0.3, 0.4) is 0 Å². The van der Waals surface area contributed by atoms with Crippen molar-refractivity contribution in [1.82, 2.24) is 9.97 Å². The van der Waals surface area contributed by atoms with Gasteiger partial charge in [0, 0.05) is 43.7 Å². The number of hydrogen-bond donors (Lipinski definition) is 0. The van der Waals surface area contributed by atoms with Gasteiger partial charge in [0.25, 0.3) is 0 Å². The monoisotopic (exact) mass is 557 g/mol. The molecule has 42 heavy (non-hydrogen) atoms.